The number of hydrogen-bond acceptors (Lipinski definition) is 7. The summed E-state index contributed by atoms with van der Waals surface area (Å²) in [5, 5.41) is 4.04. The number of imidazole rings is 1. The van der Waals surface area contributed by atoms with Gasteiger partial charge in [0, 0.05) is 68.4 Å². The fourth-order valence-electron chi connectivity index (χ4n) is 3.96. The van der Waals surface area contributed by atoms with Crippen LogP contribution < -0.4 is 4.90 Å². The molecule has 0 spiro atoms. The van der Waals surface area contributed by atoms with E-state index in [4.69, 9.17) is 4.52 Å². The molecule has 174 valence electrons. The smallest absolute Gasteiger partial charge is 0.253 e. The highest BCUT2D eigenvalue weighted by molar-refractivity contribution is 5.94. The van der Waals surface area contributed by atoms with Gasteiger partial charge < -0.3 is 18.9 Å². The monoisotopic (exact) mass is 457 g/mol. The Labute approximate surface area is 198 Å². The quantitative estimate of drug-likeness (QED) is 0.438. The molecule has 1 fully saturated rings. The lowest BCUT2D eigenvalue weighted by Gasteiger charge is -2.35. The predicted molar refractivity (Wildman–Crippen MR) is 128 cm³/mol. The van der Waals surface area contributed by atoms with Crippen LogP contribution >= 0.6 is 0 Å². The summed E-state index contributed by atoms with van der Waals surface area (Å²) in [4.78, 5) is 30.2. The zero-order chi connectivity index (χ0) is 23.5. The molecular formula is C25H27N7O2. The SMILES string of the molecule is CC(C)c1nc(-c2ccc(N3CCN(C(=O)c4ccc(Cn5ccnc5)cc4)CC3)nc2)no1. The van der Waals surface area contributed by atoms with Gasteiger partial charge >= 0.3 is 0 Å². The minimum absolute atomic E-state index is 0.0650. The molecule has 4 heterocycles. The maximum atomic E-state index is 13.0. The van der Waals surface area contributed by atoms with Crippen molar-refractivity contribution in [3.05, 3.63) is 78.3 Å². The summed E-state index contributed by atoms with van der Waals surface area (Å²) < 4.78 is 7.29. The first-order valence-corrected chi connectivity index (χ1v) is 11.5. The van der Waals surface area contributed by atoms with Gasteiger partial charge in [-0.25, -0.2) is 9.97 Å². The lowest BCUT2D eigenvalue weighted by Crippen LogP contribution is -2.49. The maximum absolute atomic E-state index is 13.0. The van der Waals surface area contributed by atoms with Crippen LogP contribution in [0.2, 0.25) is 0 Å². The molecule has 34 heavy (non-hydrogen) atoms. The fourth-order valence-corrected chi connectivity index (χ4v) is 3.96. The average Bonchev–Trinajstić information content (AvgIpc) is 3.57. The van der Waals surface area contributed by atoms with Gasteiger partial charge in [-0.1, -0.05) is 31.1 Å². The zero-order valence-electron chi connectivity index (χ0n) is 19.3. The normalized spacial score (nSPS) is 14.1. The van der Waals surface area contributed by atoms with Gasteiger partial charge in [0.1, 0.15) is 5.82 Å². The molecule has 0 atom stereocenters. The van der Waals surface area contributed by atoms with Gasteiger partial charge in [0.05, 0.1) is 6.33 Å². The summed E-state index contributed by atoms with van der Waals surface area (Å²) in [6.45, 7) is 7.54. The molecule has 0 aliphatic carbocycles. The molecule has 3 aromatic heterocycles. The maximum Gasteiger partial charge on any atom is 0.253 e. The van der Waals surface area contributed by atoms with Crippen LogP contribution in [0.4, 0.5) is 5.82 Å². The lowest BCUT2D eigenvalue weighted by atomic mass is 10.1. The molecule has 1 amide bonds. The number of pyridine rings is 1. The summed E-state index contributed by atoms with van der Waals surface area (Å²) in [6.07, 6.45) is 7.24. The molecule has 0 radical (unpaired) electrons. The van der Waals surface area contributed by atoms with Crippen molar-refractivity contribution < 1.29 is 9.32 Å². The Kier molecular flexibility index (Phi) is 6.07. The lowest BCUT2D eigenvalue weighted by molar-refractivity contribution is 0.0746. The largest absolute Gasteiger partial charge is 0.353 e. The van der Waals surface area contributed by atoms with Crippen molar-refractivity contribution in [2.24, 2.45) is 0 Å². The Morgan fingerprint density at radius 2 is 1.85 bits per heavy atom. The highest BCUT2D eigenvalue weighted by Crippen LogP contribution is 2.22. The second-order valence-electron chi connectivity index (χ2n) is 8.73. The van der Waals surface area contributed by atoms with Gasteiger partial charge in [-0.3, -0.25) is 4.79 Å². The third-order valence-electron chi connectivity index (χ3n) is 5.96. The summed E-state index contributed by atoms with van der Waals surface area (Å²) in [5.41, 5.74) is 2.67. The molecule has 4 aromatic rings. The van der Waals surface area contributed by atoms with Crippen molar-refractivity contribution in [3.63, 3.8) is 0 Å². The molecule has 5 rings (SSSR count). The molecule has 0 unspecified atom stereocenters. The van der Waals surface area contributed by atoms with Gasteiger partial charge in [-0.2, -0.15) is 4.98 Å². The number of carbonyl (C=O) groups excluding carboxylic acids is 1. The summed E-state index contributed by atoms with van der Waals surface area (Å²) in [6, 6.07) is 11.7. The second-order valence-corrected chi connectivity index (χ2v) is 8.73. The van der Waals surface area contributed by atoms with E-state index in [1.165, 1.54) is 0 Å². The van der Waals surface area contributed by atoms with Gasteiger partial charge in [0.15, 0.2) is 0 Å². The summed E-state index contributed by atoms with van der Waals surface area (Å²) in [7, 11) is 0. The molecule has 9 heteroatoms. The zero-order valence-corrected chi connectivity index (χ0v) is 19.3. The Balaban J connectivity index is 1.17. The number of rotatable bonds is 6. The summed E-state index contributed by atoms with van der Waals surface area (Å²) in [5.74, 6) is 2.30. The van der Waals surface area contributed by atoms with Crippen LogP contribution in [0.15, 0.2) is 65.8 Å². The van der Waals surface area contributed by atoms with Crippen molar-refractivity contribution in [3.8, 4) is 11.4 Å². The van der Waals surface area contributed by atoms with E-state index in [0.29, 0.717) is 30.4 Å². The highest BCUT2D eigenvalue weighted by atomic mass is 16.5. The Morgan fingerprint density at radius 1 is 1.06 bits per heavy atom. The van der Waals surface area contributed by atoms with E-state index in [-0.39, 0.29) is 11.8 Å². The third-order valence-corrected chi connectivity index (χ3v) is 5.96. The van der Waals surface area contributed by atoms with Crippen LogP contribution in [0, 0.1) is 0 Å². The van der Waals surface area contributed by atoms with Crippen molar-refractivity contribution in [2.45, 2.75) is 26.3 Å². The van der Waals surface area contributed by atoms with E-state index >= 15 is 0 Å². The van der Waals surface area contributed by atoms with Crippen LogP contribution in [0.3, 0.4) is 0 Å². The number of aromatic nitrogens is 5. The van der Waals surface area contributed by atoms with E-state index in [1.54, 1.807) is 18.7 Å². The van der Waals surface area contributed by atoms with E-state index in [9.17, 15) is 4.79 Å². The van der Waals surface area contributed by atoms with E-state index in [0.717, 1.165) is 36.6 Å². The molecule has 1 aliphatic heterocycles. The molecule has 0 bridgehead atoms. The van der Waals surface area contributed by atoms with Crippen LogP contribution in [0.1, 0.15) is 41.6 Å². The fraction of sp³-hybridized carbons (Fsp3) is 0.320. The number of nitrogens with zero attached hydrogens (tertiary/aromatic N) is 7. The van der Waals surface area contributed by atoms with E-state index in [1.807, 2.05) is 65.9 Å². The first kappa shape index (κ1) is 21.8. The van der Waals surface area contributed by atoms with Crippen LogP contribution in [0.5, 0.6) is 0 Å². The topological polar surface area (TPSA) is 93.2 Å². The van der Waals surface area contributed by atoms with Gasteiger partial charge in [-0.15, -0.1) is 0 Å². The number of amides is 1. The number of anilines is 1. The van der Waals surface area contributed by atoms with Crippen molar-refractivity contribution in [1.29, 1.82) is 0 Å². The van der Waals surface area contributed by atoms with E-state index < -0.39 is 0 Å². The van der Waals surface area contributed by atoms with Crippen LogP contribution in [-0.2, 0) is 6.54 Å². The molecule has 0 saturated carbocycles. The third kappa shape index (κ3) is 4.68. The Morgan fingerprint density at radius 3 is 2.47 bits per heavy atom. The molecular weight excluding hydrogens is 430 g/mol. The molecule has 0 N–H and O–H groups in total. The van der Waals surface area contributed by atoms with Crippen LogP contribution in [0.25, 0.3) is 11.4 Å². The molecule has 1 aliphatic rings. The second kappa shape index (κ2) is 9.46. The Bertz CT molecular complexity index is 1220. The Hall–Kier alpha value is -4.01. The highest BCUT2D eigenvalue weighted by Gasteiger charge is 2.23. The van der Waals surface area contributed by atoms with Gasteiger partial charge in [0.25, 0.3) is 5.91 Å². The number of piperazine rings is 1. The minimum Gasteiger partial charge on any atom is -0.353 e. The molecule has 1 aromatic carbocycles. The predicted octanol–water partition coefficient (Wildman–Crippen LogP) is 3.46. The first-order valence-electron chi connectivity index (χ1n) is 11.5. The standard InChI is InChI=1S/C25H27N7O2/c1-18(2)24-28-23(29-34-24)21-7-8-22(27-15-21)31-11-13-32(14-12-31)25(33)20-5-3-19(4-6-20)16-30-10-9-26-17-30/h3-10,15,17-18H,11-14,16H2,1-2H3. The van der Waals surface area contributed by atoms with Gasteiger partial charge in [0.2, 0.25) is 11.7 Å². The first-order chi connectivity index (χ1) is 16.6. The van der Waals surface area contributed by atoms with Crippen molar-refractivity contribution >= 4 is 11.7 Å². The van der Waals surface area contributed by atoms with E-state index in [2.05, 4.69) is 25.0 Å². The molecule has 9 nitrogen and oxygen atoms in total. The minimum atomic E-state index is 0.0650. The number of benzene rings is 1. The number of hydrogen-bond donors (Lipinski definition) is 0. The van der Waals surface area contributed by atoms with Crippen molar-refractivity contribution in [1.82, 2.24) is 29.6 Å². The van der Waals surface area contributed by atoms with Crippen molar-refractivity contribution in [2.75, 3.05) is 31.1 Å². The summed E-state index contributed by atoms with van der Waals surface area (Å²) >= 11 is 0. The molecule has 1 saturated heterocycles. The van der Waals surface area contributed by atoms with Gasteiger partial charge in [-0.05, 0) is 29.8 Å². The average molecular weight is 458 g/mol. The number of carbonyl (C=O) groups is 1. The van der Waals surface area contributed by atoms with Crippen LogP contribution in [-0.4, -0.2) is 61.7 Å².